The number of carboxylic acids is 1. The number of aromatic carboxylic acids is 1. The van der Waals surface area contributed by atoms with Gasteiger partial charge in [-0.25, -0.2) is 16.8 Å². The number of carbonyl (C=O) groups is 1. The molecule has 24 nitrogen and oxygen atoms in total. The molecular weight excluding hydrogens is 1100 g/mol. The van der Waals surface area contributed by atoms with Crippen LogP contribution in [-0.2, 0) is 42.7 Å². The van der Waals surface area contributed by atoms with Crippen molar-refractivity contribution in [3.8, 4) is 0 Å². The van der Waals surface area contributed by atoms with E-state index >= 15 is 0 Å². The summed E-state index contributed by atoms with van der Waals surface area (Å²) in [7, 11) is -10.4. The van der Waals surface area contributed by atoms with E-state index in [0.717, 1.165) is 18.2 Å². The molecule has 6 N–H and O–H groups in total. The number of rotatable bonds is 23. The van der Waals surface area contributed by atoms with E-state index in [0.29, 0.717) is 11.3 Å². The molecule has 0 saturated carbocycles. The summed E-state index contributed by atoms with van der Waals surface area (Å²) in [5, 5.41) is 58.2. The van der Waals surface area contributed by atoms with Gasteiger partial charge in [-0.05, 0) is 73.7 Å². The SMILES string of the molecule is CC(O)CN(CC(C)O)c1nc(Cc2ccc(/C=C/c3ccc(Nc4nc(Cc5ccc(C(=O)[O-])cc5)nc(N(CC(C)O)CC(C)O)n4)cc3S(=O)(=O)[O-])c(S(=O)(=O)[O-])c2)nc(Nc2cc[c-]cc2)n1.O=C=O.[Na+].[Na+].[Na+].[Na+]. The second kappa shape index (κ2) is 33.9. The minimum atomic E-state index is -5.23. The zero-order valence-corrected chi connectivity index (χ0v) is 53.7. The summed E-state index contributed by atoms with van der Waals surface area (Å²) in [4.78, 5) is 56.2. The first-order valence-electron chi connectivity index (χ1n) is 22.3. The van der Waals surface area contributed by atoms with E-state index in [2.05, 4.69) is 46.6 Å². The van der Waals surface area contributed by atoms with E-state index in [9.17, 15) is 56.3 Å². The number of hydrogen-bond donors (Lipinski definition) is 6. The van der Waals surface area contributed by atoms with Gasteiger partial charge in [0.1, 0.15) is 31.9 Å². The Morgan fingerprint density at radius 2 is 0.974 bits per heavy atom. The number of nitrogens with one attached hydrogen (secondary N) is 2. The summed E-state index contributed by atoms with van der Waals surface area (Å²) >= 11 is 0. The summed E-state index contributed by atoms with van der Waals surface area (Å²) in [5.74, 6) is -1.01. The molecule has 0 bridgehead atoms. The van der Waals surface area contributed by atoms with Crippen molar-refractivity contribution in [2.75, 3.05) is 46.6 Å². The third-order valence-corrected chi connectivity index (χ3v) is 11.8. The van der Waals surface area contributed by atoms with Gasteiger partial charge in [0.25, 0.3) is 0 Å². The number of benzene rings is 4. The molecule has 0 radical (unpaired) electrons. The van der Waals surface area contributed by atoms with Gasteiger partial charge in [0.2, 0.25) is 23.8 Å². The van der Waals surface area contributed by atoms with Crippen molar-refractivity contribution in [1.82, 2.24) is 29.9 Å². The molecule has 78 heavy (non-hydrogen) atoms. The molecule has 0 spiro atoms. The Balaban J connectivity index is 0.00000424. The molecular formula is C48H50N10Na4O14S2. The topological polar surface area (TPSA) is 377 Å². The number of carboxylic acid groups (broad SMARTS) is 1. The van der Waals surface area contributed by atoms with Crippen LogP contribution in [0.3, 0.4) is 0 Å². The molecule has 0 fully saturated rings. The maximum absolute atomic E-state index is 12.7. The molecule has 392 valence electrons. The first-order valence-corrected chi connectivity index (χ1v) is 25.1. The van der Waals surface area contributed by atoms with Crippen molar-refractivity contribution in [2.45, 2.75) is 74.7 Å². The van der Waals surface area contributed by atoms with E-state index in [1.54, 1.807) is 43.0 Å². The summed E-state index contributed by atoms with van der Waals surface area (Å²) in [6, 6.07) is 23.1. The van der Waals surface area contributed by atoms with Gasteiger partial charge in [-0.1, -0.05) is 60.3 Å². The van der Waals surface area contributed by atoms with E-state index in [1.807, 2.05) is 0 Å². The van der Waals surface area contributed by atoms with E-state index in [1.165, 1.54) is 73.4 Å². The zero-order chi connectivity index (χ0) is 54.3. The van der Waals surface area contributed by atoms with E-state index in [4.69, 9.17) is 9.59 Å². The number of nitrogens with zero attached hydrogens (tertiary/aromatic N) is 8. The first-order chi connectivity index (χ1) is 34.9. The Bertz CT molecular complexity index is 3180. The molecule has 4 atom stereocenters. The van der Waals surface area contributed by atoms with Crippen molar-refractivity contribution < 1.29 is 184 Å². The molecule has 0 aliphatic carbocycles. The van der Waals surface area contributed by atoms with Gasteiger partial charge in [0, 0.05) is 44.7 Å². The minimum Gasteiger partial charge on any atom is -0.744 e. The molecule has 0 amide bonds. The van der Waals surface area contributed by atoms with E-state index < -0.39 is 60.4 Å². The van der Waals surface area contributed by atoms with Crippen LogP contribution in [0.1, 0.15) is 72.0 Å². The molecule has 0 aliphatic rings. The van der Waals surface area contributed by atoms with Crippen LogP contribution in [0.5, 0.6) is 0 Å². The number of aliphatic hydroxyl groups excluding tert-OH is 4. The smallest absolute Gasteiger partial charge is 0.744 e. The van der Waals surface area contributed by atoms with Gasteiger partial charge >= 0.3 is 124 Å². The fourth-order valence-electron chi connectivity index (χ4n) is 7.16. The molecule has 6 aromatic rings. The normalized spacial score (nSPS) is 12.5. The van der Waals surface area contributed by atoms with Crippen LogP contribution in [0.2, 0.25) is 0 Å². The fraction of sp³-hybridized carbons (Fsp3) is 0.292. The van der Waals surface area contributed by atoms with Gasteiger partial charge in [0.05, 0.1) is 40.2 Å². The predicted octanol–water partition coefficient (Wildman–Crippen LogP) is -10.6. The Morgan fingerprint density at radius 1 is 0.590 bits per heavy atom. The number of aliphatic hydroxyl groups is 4. The zero-order valence-electron chi connectivity index (χ0n) is 44.1. The van der Waals surface area contributed by atoms with Crippen molar-refractivity contribution in [3.05, 3.63) is 130 Å². The fourth-order valence-corrected chi connectivity index (χ4v) is 8.58. The number of hydrogen-bond acceptors (Lipinski definition) is 24. The molecule has 2 aromatic heterocycles. The predicted molar refractivity (Wildman–Crippen MR) is 262 cm³/mol. The van der Waals surface area contributed by atoms with Crippen LogP contribution in [0.15, 0.2) is 94.7 Å². The van der Waals surface area contributed by atoms with Crippen LogP contribution in [0.4, 0.5) is 35.2 Å². The molecule has 0 aliphatic heterocycles. The molecule has 4 unspecified atom stereocenters. The van der Waals surface area contributed by atoms with Crippen molar-refractivity contribution in [1.29, 1.82) is 0 Å². The van der Waals surface area contributed by atoms with E-state index in [-0.39, 0.29) is 227 Å². The monoisotopic (exact) mass is 1150 g/mol. The maximum atomic E-state index is 12.7. The Hall–Kier alpha value is -3.65. The molecule has 30 heteroatoms. The standard InChI is InChI=1S/C47H53N10O12S2.CO2.4Na/c1-28(58)24-56(25-29(2)59)46-52-41(21-32-10-14-36(15-11-32)43(62)63)50-45(55-46)49-38-19-18-35(40(23-38)71(67,68)69)17-16-34-13-12-33(20-39(34)70(64,65)66)22-42-51-44(48-37-8-6-5-7-9-37)54-47(53-42)57(26-30(3)60)27-31(4)61;2-1-3;;;;/h6-20,23,28-31,58-61H,21-22,24-27H2,1-4H3,(H,62,63)(H,64,65,66)(H,67,68,69)(H,48,51,53,54)(H,49,50,52,55);;;;;/q-1;;4*+1/p-3/b17-16+;;;;;. The first kappa shape index (κ1) is 72.4. The van der Waals surface area contributed by atoms with Crippen molar-refractivity contribution in [2.24, 2.45) is 0 Å². The van der Waals surface area contributed by atoms with Crippen LogP contribution >= 0.6 is 0 Å². The summed E-state index contributed by atoms with van der Waals surface area (Å²) in [6.45, 7) is 6.25. The second-order valence-electron chi connectivity index (χ2n) is 16.8. The summed E-state index contributed by atoms with van der Waals surface area (Å²) < 4.78 is 76.4. The second-order valence-corrected chi connectivity index (χ2v) is 19.5. The van der Waals surface area contributed by atoms with Crippen LogP contribution in [0.25, 0.3) is 12.2 Å². The molecule has 6 rings (SSSR count). The van der Waals surface area contributed by atoms with Crippen molar-refractivity contribution in [3.63, 3.8) is 0 Å². The largest absolute Gasteiger partial charge is 1.00 e. The quantitative estimate of drug-likeness (QED) is 0.0150. The molecule has 0 saturated heterocycles. The summed E-state index contributed by atoms with van der Waals surface area (Å²) in [5.41, 5.74) is 1.14. The maximum Gasteiger partial charge on any atom is 1.00 e. The van der Waals surface area contributed by atoms with Gasteiger partial charge in [-0.3, -0.25) is 0 Å². The minimum absolute atomic E-state index is 0. The van der Waals surface area contributed by atoms with Crippen molar-refractivity contribution >= 4 is 79.7 Å². The molecule has 4 aromatic carbocycles. The summed E-state index contributed by atoms with van der Waals surface area (Å²) in [6.07, 6.45) is -0.940. The third-order valence-electron chi connectivity index (χ3n) is 10.1. The average Bonchev–Trinajstić information content (AvgIpc) is 3.30. The van der Waals surface area contributed by atoms with Gasteiger partial charge in [-0.2, -0.15) is 57.7 Å². The Kier molecular flexibility index (Phi) is 31.5. The van der Waals surface area contributed by atoms with Crippen LogP contribution in [0, 0.1) is 6.07 Å². The Morgan fingerprint density at radius 3 is 1.38 bits per heavy atom. The number of anilines is 6. The average molecular weight is 1150 g/mol. The van der Waals surface area contributed by atoms with Crippen LogP contribution in [-0.4, -0.2) is 139 Å². The Labute approximate surface area is 539 Å². The van der Waals surface area contributed by atoms with Gasteiger partial charge < -0.3 is 59.9 Å². The van der Waals surface area contributed by atoms with Gasteiger partial charge in [0.15, 0.2) is 0 Å². The third kappa shape index (κ3) is 23.4. The van der Waals surface area contributed by atoms with Gasteiger partial charge in [-0.15, -0.1) is 12.1 Å². The number of aromatic nitrogens is 6. The molecule has 2 heterocycles. The van der Waals surface area contributed by atoms with Crippen LogP contribution < -0.4 is 144 Å². The number of carbonyl (C=O) groups excluding carboxylic acids is 3.